The summed E-state index contributed by atoms with van der Waals surface area (Å²) in [5.41, 5.74) is 2.79. The maximum atomic E-state index is 13.3. The van der Waals surface area contributed by atoms with Gasteiger partial charge in [-0.1, -0.05) is 18.2 Å². The van der Waals surface area contributed by atoms with Crippen LogP contribution in [0.15, 0.2) is 30.5 Å². The first-order valence-electron chi connectivity index (χ1n) is 4.91. The summed E-state index contributed by atoms with van der Waals surface area (Å²) < 4.78 is 15.1. The Morgan fingerprint density at radius 3 is 2.60 bits per heavy atom. The Bertz CT molecular complexity index is 455. The van der Waals surface area contributed by atoms with Crippen molar-refractivity contribution in [3.8, 4) is 0 Å². The van der Waals surface area contributed by atoms with E-state index in [1.165, 1.54) is 6.07 Å². The van der Waals surface area contributed by atoms with Crippen LogP contribution in [0.3, 0.4) is 0 Å². The smallest absolute Gasteiger partial charge is 0.128 e. The first-order valence-corrected chi connectivity index (χ1v) is 4.91. The minimum Gasteiger partial charge on any atom is -0.268 e. The highest BCUT2D eigenvalue weighted by Gasteiger charge is 2.04. The Kier molecular flexibility index (Phi) is 2.54. The molecule has 0 saturated carbocycles. The lowest BCUT2D eigenvalue weighted by molar-refractivity contribution is 0.584. The van der Waals surface area contributed by atoms with Crippen LogP contribution in [0.2, 0.25) is 0 Å². The number of hydrogen-bond donors (Lipinski definition) is 0. The maximum Gasteiger partial charge on any atom is 0.128 e. The zero-order valence-electron chi connectivity index (χ0n) is 8.87. The molecule has 0 saturated heterocycles. The van der Waals surface area contributed by atoms with Crippen LogP contribution in [-0.4, -0.2) is 9.78 Å². The summed E-state index contributed by atoms with van der Waals surface area (Å²) >= 11 is 0. The van der Waals surface area contributed by atoms with Crippen LogP contribution in [0, 0.1) is 19.7 Å². The summed E-state index contributed by atoms with van der Waals surface area (Å²) in [7, 11) is 0. The van der Waals surface area contributed by atoms with E-state index in [0.717, 1.165) is 11.3 Å². The summed E-state index contributed by atoms with van der Waals surface area (Å²) in [6, 6.07) is 6.78. The Labute approximate surface area is 88.4 Å². The van der Waals surface area contributed by atoms with Gasteiger partial charge < -0.3 is 0 Å². The molecule has 0 fully saturated rings. The highest BCUT2D eigenvalue weighted by atomic mass is 19.1. The molecule has 78 valence electrons. The van der Waals surface area contributed by atoms with Crippen molar-refractivity contribution in [1.82, 2.24) is 9.78 Å². The van der Waals surface area contributed by atoms with Crippen LogP contribution in [0.5, 0.6) is 0 Å². The summed E-state index contributed by atoms with van der Waals surface area (Å²) in [4.78, 5) is 0. The van der Waals surface area contributed by atoms with Crippen molar-refractivity contribution in [2.45, 2.75) is 20.4 Å². The highest BCUT2D eigenvalue weighted by Crippen LogP contribution is 2.10. The second kappa shape index (κ2) is 3.85. The van der Waals surface area contributed by atoms with Crippen molar-refractivity contribution in [3.05, 3.63) is 53.1 Å². The Balaban J connectivity index is 2.26. The van der Waals surface area contributed by atoms with Gasteiger partial charge in [0, 0.05) is 11.8 Å². The minimum atomic E-state index is -0.177. The van der Waals surface area contributed by atoms with Gasteiger partial charge in [0.2, 0.25) is 0 Å². The third-order valence-electron chi connectivity index (χ3n) is 2.48. The quantitative estimate of drug-likeness (QED) is 0.735. The molecule has 2 nitrogen and oxygen atoms in total. The van der Waals surface area contributed by atoms with E-state index in [2.05, 4.69) is 5.10 Å². The Morgan fingerprint density at radius 2 is 2.00 bits per heavy atom. The van der Waals surface area contributed by atoms with E-state index >= 15 is 0 Å². The number of rotatable bonds is 2. The lowest BCUT2D eigenvalue weighted by atomic mass is 10.2. The lowest BCUT2D eigenvalue weighted by Crippen LogP contribution is -2.02. The second-order valence-electron chi connectivity index (χ2n) is 3.69. The van der Waals surface area contributed by atoms with Crippen molar-refractivity contribution in [3.63, 3.8) is 0 Å². The monoisotopic (exact) mass is 204 g/mol. The summed E-state index contributed by atoms with van der Waals surface area (Å²) in [6.45, 7) is 4.44. The number of halogens is 1. The molecule has 1 heterocycles. The van der Waals surface area contributed by atoms with Crippen molar-refractivity contribution < 1.29 is 4.39 Å². The normalized spacial score (nSPS) is 10.6. The van der Waals surface area contributed by atoms with Crippen LogP contribution in [0.4, 0.5) is 4.39 Å². The van der Waals surface area contributed by atoms with Crippen LogP contribution < -0.4 is 0 Å². The zero-order valence-corrected chi connectivity index (χ0v) is 8.87. The van der Waals surface area contributed by atoms with E-state index in [1.54, 1.807) is 16.8 Å². The van der Waals surface area contributed by atoms with Gasteiger partial charge in [-0.05, 0) is 25.5 Å². The lowest BCUT2D eigenvalue weighted by Gasteiger charge is -2.02. The van der Waals surface area contributed by atoms with E-state index in [9.17, 15) is 4.39 Å². The van der Waals surface area contributed by atoms with Gasteiger partial charge in [-0.25, -0.2) is 4.39 Å². The van der Waals surface area contributed by atoms with E-state index in [1.807, 2.05) is 26.1 Å². The first kappa shape index (κ1) is 9.90. The number of hydrogen-bond acceptors (Lipinski definition) is 1. The molecule has 0 aliphatic heterocycles. The molecule has 2 aromatic rings. The van der Waals surface area contributed by atoms with Gasteiger partial charge in [-0.15, -0.1) is 0 Å². The van der Waals surface area contributed by atoms with Gasteiger partial charge in [0.25, 0.3) is 0 Å². The summed E-state index contributed by atoms with van der Waals surface area (Å²) in [5.74, 6) is -0.177. The van der Waals surface area contributed by atoms with Crippen LogP contribution >= 0.6 is 0 Å². The number of nitrogens with zero attached hydrogens (tertiary/aromatic N) is 2. The molecule has 0 radical (unpaired) electrons. The molecule has 0 bridgehead atoms. The number of aryl methyl sites for hydroxylation is 2. The molecule has 15 heavy (non-hydrogen) atoms. The molecule has 3 heteroatoms. The summed E-state index contributed by atoms with van der Waals surface area (Å²) in [6.07, 6.45) is 1.93. The van der Waals surface area contributed by atoms with Crippen molar-refractivity contribution >= 4 is 0 Å². The van der Waals surface area contributed by atoms with Gasteiger partial charge in [0.1, 0.15) is 5.82 Å². The van der Waals surface area contributed by atoms with Crippen LogP contribution in [0.1, 0.15) is 16.8 Å². The predicted octanol–water partition coefficient (Wildman–Crippen LogP) is 2.69. The van der Waals surface area contributed by atoms with Gasteiger partial charge in [-0.2, -0.15) is 5.10 Å². The highest BCUT2D eigenvalue weighted by molar-refractivity contribution is 5.19. The molecule has 0 spiro atoms. The third kappa shape index (κ3) is 2.06. The molecule has 1 aromatic carbocycles. The largest absolute Gasteiger partial charge is 0.268 e. The van der Waals surface area contributed by atoms with Crippen LogP contribution in [0.25, 0.3) is 0 Å². The Hall–Kier alpha value is -1.64. The fourth-order valence-corrected chi connectivity index (χ4v) is 1.50. The summed E-state index contributed by atoms with van der Waals surface area (Å²) in [5, 5.41) is 4.30. The SMILES string of the molecule is Cc1cn(Cc2ccccc2F)nc1C. The average molecular weight is 204 g/mol. The second-order valence-corrected chi connectivity index (χ2v) is 3.69. The predicted molar refractivity (Wildman–Crippen MR) is 57.2 cm³/mol. The fourth-order valence-electron chi connectivity index (χ4n) is 1.50. The number of benzene rings is 1. The van der Waals surface area contributed by atoms with E-state index in [4.69, 9.17) is 0 Å². The first-order chi connectivity index (χ1) is 7.16. The fraction of sp³-hybridized carbons (Fsp3) is 0.250. The minimum absolute atomic E-state index is 0.177. The molecule has 0 amide bonds. The van der Waals surface area contributed by atoms with E-state index in [-0.39, 0.29) is 5.82 Å². The van der Waals surface area contributed by atoms with Gasteiger partial charge in [-0.3, -0.25) is 4.68 Å². The van der Waals surface area contributed by atoms with Gasteiger partial charge in [0.15, 0.2) is 0 Å². The standard InChI is InChI=1S/C12H13FN2/c1-9-7-15(14-10(9)2)8-11-5-3-4-6-12(11)13/h3-7H,8H2,1-2H3. The van der Waals surface area contributed by atoms with Gasteiger partial charge in [0.05, 0.1) is 12.2 Å². The van der Waals surface area contributed by atoms with E-state index in [0.29, 0.717) is 12.1 Å². The molecule has 1 aromatic heterocycles. The number of aromatic nitrogens is 2. The molecular formula is C12H13FN2. The molecule has 0 aliphatic rings. The van der Waals surface area contributed by atoms with E-state index < -0.39 is 0 Å². The van der Waals surface area contributed by atoms with Crippen molar-refractivity contribution in [2.75, 3.05) is 0 Å². The molecule has 0 atom stereocenters. The Morgan fingerprint density at radius 1 is 1.27 bits per heavy atom. The molecule has 0 aliphatic carbocycles. The molecule has 2 rings (SSSR count). The topological polar surface area (TPSA) is 17.8 Å². The van der Waals surface area contributed by atoms with Crippen molar-refractivity contribution in [2.24, 2.45) is 0 Å². The molecule has 0 unspecified atom stereocenters. The maximum absolute atomic E-state index is 13.3. The van der Waals surface area contributed by atoms with Crippen molar-refractivity contribution in [1.29, 1.82) is 0 Å². The third-order valence-corrected chi connectivity index (χ3v) is 2.48. The molecular weight excluding hydrogens is 191 g/mol. The average Bonchev–Trinajstić information content (AvgIpc) is 2.50. The molecule has 0 N–H and O–H groups in total. The van der Waals surface area contributed by atoms with Gasteiger partial charge >= 0.3 is 0 Å². The van der Waals surface area contributed by atoms with Crippen LogP contribution in [-0.2, 0) is 6.54 Å². The zero-order chi connectivity index (χ0) is 10.8.